The maximum Gasteiger partial charge on any atom is 0.343 e. The van der Waals surface area contributed by atoms with Crippen molar-refractivity contribution in [2.75, 3.05) is 6.54 Å². The van der Waals surface area contributed by atoms with Crippen molar-refractivity contribution in [1.29, 1.82) is 0 Å². The van der Waals surface area contributed by atoms with E-state index in [1.165, 1.54) is 11.0 Å². The molecule has 1 heterocycles. The maximum atomic E-state index is 14.0. The van der Waals surface area contributed by atoms with Crippen molar-refractivity contribution in [3.63, 3.8) is 0 Å². The first kappa shape index (κ1) is 21.9. The highest BCUT2D eigenvalue weighted by atomic mass is 19.1. The quantitative estimate of drug-likeness (QED) is 0.573. The molecule has 0 radical (unpaired) electrons. The summed E-state index contributed by atoms with van der Waals surface area (Å²) in [7, 11) is 0. The second-order valence-corrected chi connectivity index (χ2v) is 8.25. The Kier molecular flexibility index (Phi) is 6.54. The van der Waals surface area contributed by atoms with Crippen LogP contribution in [0, 0.1) is 5.82 Å². The van der Waals surface area contributed by atoms with Crippen LogP contribution in [0.4, 0.5) is 14.0 Å². The topological polar surface area (TPSA) is 76.1 Å². The second-order valence-electron chi connectivity index (χ2n) is 8.25. The lowest BCUT2D eigenvalue weighted by atomic mass is 9.98. The Morgan fingerprint density at radius 3 is 2.43 bits per heavy atom. The van der Waals surface area contributed by atoms with E-state index in [-0.39, 0.29) is 30.5 Å². The smallest absolute Gasteiger partial charge is 0.334 e. The molecule has 0 bridgehead atoms. The number of hydrogen-bond donors (Lipinski definition) is 2. The van der Waals surface area contributed by atoms with Crippen molar-refractivity contribution in [3.05, 3.63) is 35.6 Å². The molecule has 1 aliphatic heterocycles. The van der Waals surface area contributed by atoms with Gasteiger partial charge < -0.3 is 10.2 Å². The highest BCUT2D eigenvalue weighted by Crippen LogP contribution is 2.36. The van der Waals surface area contributed by atoms with E-state index in [0.717, 1.165) is 0 Å². The van der Waals surface area contributed by atoms with Crippen LogP contribution in [0.25, 0.3) is 0 Å². The molecular weight excluding hydrogens is 363 g/mol. The van der Waals surface area contributed by atoms with Crippen LogP contribution in [0.1, 0.15) is 47.1 Å². The number of nitrogens with zero attached hydrogens (tertiary/aromatic N) is 3. The van der Waals surface area contributed by atoms with Gasteiger partial charge in [-0.1, -0.05) is 18.2 Å². The Morgan fingerprint density at radius 2 is 1.89 bits per heavy atom. The number of carbonyl (C=O) groups is 2. The van der Waals surface area contributed by atoms with E-state index < -0.39 is 17.7 Å². The molecule has 8 heteroatoms. The van der Waals surface area contributed by atoms with Crippen LogP contribution in [0.3, 0.4) is 0 Å². The SMILES string of the molecule is CC(C)NC(=O)N(O)C1N(C(C)C)C(=O)N(CCc2ccccc2F)C1(C)C. The fraction of sp³-hybridized carbons (Fsp3) is 0.600. The minimum atomic E-state index is -0.879. The molecule has 0 aromatic heterocycles. The van der Waals surface area contributed by atoms with Crippen molar-refractivity contribution in [3.8, 4) is 0 Å². The Bertz CT molecular complexity index is 723. The average molecular weight is 394 g/mol. The van der Waals surface area contributed by atoms with Gasteiger partial charge in [0.2, 0.25) is 0 Å². The minimum absolute atomic E-state index is 0.160. The number of carbonyl (C=O) groups excluding carboxylic acids is 2. The maximum absolute atomic E-state index is 14.0. The molecule has 1 aliphatic rings. The summed E-state index contributed by atoms with van der Waals surface area (Å²) in [6.45, 7) is 11.1. The van der Waals surface area contributed by atoms with Gasteiger partial charge in [-0.15, -0.1) is 0 Å². The molecule has 28 heavy (non-hydrogen) atoms. The minimum Gasteiger partial charge on any atom is -0.334 e. The number of halogens is 1. The molecule has 1 fully saturated rings. The molecule has 2 rings (SSSR count). The lowest BCUT2D eigenvalue weighted by Crippen LogP contribution is -2.60. The lowest BCUT2D eigenvalue weighted by Gasteiger charge is -2.39. The van der Waals surface area contributed by atoms with Crippen LogP contribution in [0.5, 0.6) is 0 Å². The molecule has 0 spiro atoms. The first-order valence-corrected chi connectivity index (χ1v) is 9.60. The van der Waals surface area contributed by atoms with Gasteiger partial charge in [0.1, 0.15) is 5.82 Å². The summed E-state index contributed by atoms with van der Waals surface area (Å²) in [5.41, 5.74) is -0.362. The van der Waals surface area contributed by atoms with Gasteiger partial charge >= 0.3 is 12.1 Å². The molecule has 1 saturated heterocycles. The first-order chi connectivity index (χ1) is 13.0. The molecule has 1 unspecified atom stereocenters. The summed E-state index contributed by atoms with van der Waals surface area (Å²) in [5.74, 6) is -0.315. The van der Waals surface area contributed by atoms with Gasteiger partial charge in [-0.05, 0) is 59.6 Å². The van der Waals surface area contributed by atoms with Crippen molar-refractivity contribution in [2.45, 2.75) is 71.8 Å². The third-order valence-corrected chi connectivity index (χ3v) is 5.01. The molecule has 7 nitrogen and oxygen atoms in total. The first-order valence-electron chi connectivity index (χ1n) is 9.60. The van der Waals surface area contributed by atoms with E-state index in [2.05, 4.69) is 5.32 Å². The van der Waals surface area contributed by atoms with E-state index in [0.29, 0.717) is 17.0 Å². The largest absolute Gasteiger partial charge is 0.343 e. The summed E-state index contributed by atoms with van der Waals surface area (Å²) in [5, 5.41) is 13.9. The monoisotopic (exact) mass is 394 g/mol. The van der Waals surface area contributed by atoms with Gasteiger partial charge in [0.15, 0.2) is 6.17 Å². The van der Waals surface area contributed by atoms with E-state index in [9.17, 15) is 19.2 Å². The zero-order valence-corrected chi connectivity index (χ0v) is 17.4. The molecule has 1 aromatic rings. The highest BCUT2D eigenvalue weighted by molar-refractivity contribution is 5.81. The Hall–Kier alpha value is -2.35. The lowest BCUT2D eigenvalue weighted by molar-refractivity contribution is -0.137. The van der Waals surface area contributed by atoms with Crippen LogP contribution < -0.4 is 5.32 Å². The molecule has 0 aliphatic carbocycles. The average Bonchev–Trinajstić information content (AvgIpc) is 2.78. The van der Waals surface area contributed by atoms with E-state index in [1.807, 2.05) is 13.8 Å². The van der Waals surface area contributed by atoms with E-state index >= 15 is 0 Å². The Balaban J connectivity index is 2.29. The van der Waals surface area contributed by atoms with Crippen LogP contribution in [-0.2, 0) is 6.42 Å². The van der Waals surface area contributed by atoms with Gasteiger partial charge in [-0.25, -0.2) is 14.0 Å². The van der Waals surface area contributed by atoms with Gasteiger partial charge in [-0.3, -0.25) is 10.1 Å². The van der Waals surface area contributed by atoms with Crippen molar-refractivity contribution >= 4 is 12.1 Å². The van der Waals surface area contributed by atoms with Crippen molar-refractivity contribution < 1.29 is 19.2 Å². The molecule has 2 N–H and O–H groups in total. The predicted octanol–water partition coefficient (Wildman–Crippen LogP) is 3.43. The summed E-state index contributed by atoms with van der Waals surface area (Å²) >= 11 is 0. The number of urea groups is 2. The molecular formula is C20H31FN4O3. The van der Waals surface area contributed by atoms with Crippen LogP contribution in [0.15, 0.2) is 24.3 Å². The van der Waals surface area contributed by atoms with Crippen molar-refractivity contribution in [2.24, 2.45) is 0 Å². The van der Waals surface area contributed by atoms with Gasteiger partial charge in [0, 0.05) is 18.6 Å². The zero-order valence-electron chi connectivity index (χ0n) is 17.4. The number of hydroxylamine groups is 2. The van der Waals surface area contributed by atoms with Crippen LogP contribution >= 0.6 is 0 Å². The number of nitrogens with one attached hydrogen (secondary N) is 1. The number of benzene rings is 1. The fourth-order valence-corrected chi connectivity index (χ4v) is 3.63. The predicted molar refractivity (Wildman–Crippen MR) is 104 cm³/mol. The van der Waals surface area contributed by atoms with Crippen LogP contribution in [0.2, 0.25) is 0 Å². The fourth-order valence-electron chi connectivity index (χ4n) is 3.63. The molecule has 4 amide bonds. The Morgan fingerprint density at radius 1 is 1.29 bits per heavy atom. The van der Waals surface area contributed by atoms with E-state index in [4.69, 9.17) is 0 Å². The normalized spacial score (nSPS) is 18.9. The zero-order chi connectivity index (χ0) is 21.2. The molecule has 1 atom stereocenters. The summed E-state index contributed by atoms with van der Waals surface area (Å²) in [4.78, 5) is 28.6. The van der Waals surface area contributed by atoms with Crippen LogP contribution in [-0.4, -0.2) is 62.5 Å². The third kappa shape index (κ3) is 4.22. The van der Waals surface area contributed by atoms with Crippen molar-refractivity contribution in [1.82, 2.24) is 20.2 Å². The van der Waals surface area contributed by atoms with E-state index in [1.54, 1.807) is 50.8 Å². The number of hydrogen-bond acceptors (Lipinski definition) is 3. The number of amides is 4. The summed E-state index contributed by atoms with van der Waals surface area (Å²) in [6, 6.07) is 5.10. The summed E-state index contributed by atoms with van der Waals surface area (Å²) in [6.07, 6.45) is -0.538. The molecule has 1 aromatic carbocycles. The Labute approximate surface area is 166 Å². The summed E-state index contributed by atoms with van der Waals surface area (Å²) < 4.78 is 14.0. The standard InChI is InChI=1S/C20H31FN4O3/c1-13(2)22-18(26)25(28)17-20(5,6)23(19(27)24(17)14(3)4)12-11-15-9-7-8-10-16(15)21/h7-10,13-14,17,28H,11-12H2,1-6H3,(H,22,26). The third-order valence-electron chi connectivity index (χ3n) is 5.01. The van der Waals surface area contributed by atoms with Gasteiger partial charge in [0.25, 0.3) is 0 Å². The van der Waals surface area contributed by atoms with Gasteiger partial charge in [-0.2, -0.15) is 5.06 Å². The molecule has 0 saturated carbocycles. The molecule has 156 valence electrons. The highest BCUT2D eigenvalue weighted by Gasteiger charge is 2.55. The second kappa shape index (κ2) is 8.34. The number of rotatable bonds is 6. The van der Waals surface area contributed by atoms with Gasteiger partial charge in [0.05, 0.1) is 5.54 Å².